The number of Topliss-reactive ketones (excluding diaryl/α,β-unsaturated/α-hetero) is 1. The van der Waals surface area contributed by atoms with Crippen molar-refractivity contribution in [3.63, 3.8) is 0 Å². The Labute approximate surface area is 154 Å². The molecule has 1 aromatic rings. The lowest BCUT2D eigenvalue weighted by Gasteiger charge is -2.29. The standard InChI is InChI=1S/C19H29N3O4/c1-18(2,3)25-17(24)22-12-8-9-13(22)14(23)15-20-16(26-21-15)19(4)10-6-5-7-11-19/h13H,5-12H2,1-4H3/t13-/m0/s1. The van der Waals surface area contributed by atoms with Crippen molar-refractivity contribution in [3.8, 4) is 0 Å². The van der Waals surface area contributed by atoms with Crippen molar-refractivity contribution in [1.82, 2.24) is 15.0 Å². The highest BCUT2D eigenvalue weighted by atomic mass is 16.6. The van der Waals surface area contributed by atoms with Gasteiger partial charge in [-0.3, -0.25) is 9.69 Å². The van der Waals surface area contributed by atoms with Crippen molar-refractivity contribution >= 4 is 11.9 Å². The van der Waals surface area contributed by atoms with Crippen molar-refractivity contribution in [3.05, 3.63) is 11.7 Å². The Morgan fingerprint density at radius 3 is 2.54 bits per heavy atom. The number of nitrogens with zero attached hydrogens (tertiary/aromatic N) is 3. The normalized spacial score (nSPS) is 23.1. The Bertz CT molecular complexity index is 671. The van der Waals surface area contributed by atoms with E-state index in [4.69, 9.17) is 9.26 Å². The molecule has 0 bridgehead atoms. The van der Waals surface area contributed by atoms with Gasteiger partial charge in [0.1, 0.15) is 11.6 Å². The summed E-state index contributed by atoms with van der Waals surface area (Å²) >= 11 is 0. The number of carbonyl (C=O) groups is 2. The zero-order valence-electron chi connectivity index (χ0n) is 16.2. The van der Waals surface area contributed by atoms with Gasteiger partial charge in [0.15, 0.2) is 0 Å². The molecule has 26 heavy (non-hydrogen) atoms. The van der Waals surface area contributed by atoms with E-state index in [0.717, 1.165) is 32.1 Å². The predicted octanol–water partition coefficient (Wildman–Crippen LogP) is 3.87. The van der Waals surface area contributed by atoms with Crippen molar-refractivity contribution in [2.45, 2.75) is 89.7 Å². The van der Waals surface area contributed by atoms with Gasteiger partial charge < -0.3 is 9.26 Å². The Balaban J connectivity index is 1.73. The minimum absolute atomic E-state index is 0.0762. The average molecular weight is 363 g/mol. The Hall–Kier alpha value is -1.92. The summed E-state index contributed by atoms with van der Waals surface area (Å²) < 4.78 is 10.9. The van der Waals surface area contributed by atoms with Gasteiger partial charge in [0.05, 0.1) is 0 Å². The zero-order chi connectivity index (χ0) is 18.9. The van der Waals surface area contributed by atoms with Gasteiger partial charge in [0, 0.05) is 12.0 Å². The maximum absolute atomic E-state index is 12.9. The van der Waals surface area contributed by atoms with Crippen LogP contribution in [0.1, 0.15) is 89.2 Å². The van der Waals surface area contributed by atoms with Gasteiger partial charge in [0.25, 0.3) is 0 Å². The molecule has 3 rings (SSSR count). The number of rotatable bonds is 3. The maximum Gasteiger partial charge on any atom is 0.410 e. The van der Waals surface area contributed by atoms with Crippen LogP contribution < -0.4 is 0 Å². The number of hydrogen-bond acceptors (Lipinski definition) is 6. The molecule has 144 valence electrons. The highest BCUT2D eigenvalue weighted by molar-refractivity contribution is 5.98. The van der Waals surface area contributed by atoms with Crippen LogP contribution in [0, 0.1) is 0 Å². The van der Waals surface area contributed by atoms with E-state index in [1.807, 2.05) is 20.8 Å². The third kappa shape index (κ3) is 3.91. The largest absolute Gasteiger partial charge is 0.444 e. The summed E-state index contributed by atoms with van der Waals surface area (Å²) in [4.78, 5) is 31.2. The first-order valence-electron chi connectivity index (χ1n) is 9.58. The number of likely N-dealkylation sites (tertiary alicyclic amines) is 1. The fourth-order valence-electron chi connectivity index (χ4n) is 3.84. The van der Waals surface area contributed by atoms with Crippen LogP contribution >= 0.6 is 0 Å². The van der Waals surface area contributed by atoms with Crippen LogP contribution in [-0.2, 0) is 10.2 Å². The summed E-state index contributed by atoms with van der Waals surface area (Å²) in [7, 11) is 0. The summed E-state index contributed by atoms with van der Waals surface area (Å²) in [6, 6.07) is -0.575. The van der Waals surface area contributed by atoms with Crippen LogP contribution in [0.25, 0.3) is 0 Å². The first-order chi connectivity index (χ1) is 12.2. The van der Waals surface area contributed by atoms with Gasteiger partial charge >= 0.3 is 6.09 Å². The molecule has 1 saturated heterocycles. The number of ketones is 1. The van der Waals surface area contributed by atoms with Gasteiger partial charge in [-0.1, -0.05) is 31.3 Å². The first kappa shape index (κ1) is 18.9. The number of carbonyl (C=O) groups excluding carboxylic acids is 2. The van der Waals surface area contributed by atoms with E-state index in [2.05, 4.69) is 17.1 Å². The molecule has 7 heteroatoms. The smallest absolute Gasteiger partial charge is 0.410 e. The fourth-order valence-corrected chi connectivity index (χ4v) is 3.84. The number of ether oxygens (including phenoxy) is 1. The lowest BCUT2D eigenvalue weighted by molar-refractivity contribution is 0.0221. The molecule has 1 aliphatic heterocycles. The number of amides is 1. The fraction of sp³-hybridized carbons (Fsp3) is 0.789. The Morgan fingerprint density at radius 1 is 1.19 bits per heavy atom. The third-order valence-corrected chi connectivity index (χ3v) is 5.30. The van der Waals surface area contributed by atoms with Gasteiger partial charge in [-0.05, 0) is 46.5 Å². The molecule has 0 spiro atoms. The molecular weight excluding hydrogens is 334 g/mol. The summed E-state index contributed by atoms with van der Waals surface area (Å²) in [5, 5.41) is 3.94. The predicted molar refractivity (Wildman–Crippen MR) is 95.0 cm³/mol. The lowest BCUT2D eigenvalue weighted by Crippen LogP contribution is -2.43. The zero-order valence-corrected chi connectivity index (χ0v) is 16.2. The monoisotopic (exact) mass is 363 g/mol. The molecule has 7 nitrogen and oxygen atoms in total. The van der Waals surface area contributed by atoms with Crippen LogP contribution in [0.15, 0.2) is 4.52 Å². The molecule has 0 radical (unpaired) electrons. The minimum atomic E-state index is -0.595. The lowest BCUT2D eigenvalue weighted by atomic mass is 9.75. The molecule has 1 amide bonds. The molecule has 1 atom stereocenters. The summed E-state index contributed by atoms with van der Waals surface area (Å²) in [5.74, 6) is 0.359. The second-order valence-corrected chi connectivity index (χ2v) is 8.74. The van der Waals surface area contributed by atoms with Gasteiger partial charge in [-0.25, -0.2) is 4.79 Å². The number of aromatic nitrogens is 2. The topological polar surface area (TPSA) is 85.5 Å². The minimum Gasteiger partial charge on any atom is -0.444 e. The second kappa shape index (κ2) is 7.00. The maximum atomic E-state index is 12.9. The molecule has 1 saturated carbocycles. The third-order valence-electron chi connectivity index (χ3n) is 5.30. The van der Waals surface area contributed by atoms with E-state index >= 15 is 0 Å². The van der Waals surface area contributed by atoms with Crippen LogP contribution in [0.5, 0.6) is 0 Å². The summed E-state index contributed by atoms with van der Waals surface area (Å²) in [6.07, 6.45) is 6.39. The molecule has 0 N–H and O–H groups in total. The molecule has 1 aromatic heterocycles. The van der Waals surface area contributed by atoms with E-state index in [0.29, 0.717) is 18.9 Å². The van der Waals surface area contributed by atoms with Crippen molar-refractivity contribution < 1.29 is 18.8 Å². The molecule has 0 unspecified atom stereocenters. The van der Waals surface area contributed by atoms with Crippen LogP contribution in [0.3, 0.4) is 0 Å². The van der Waals surface area contributed by atoms with Crippen LogP contribution in [-0.4, -0.2) is 45.1 Å². The van der Waals surface area contributed by atoms with Crippen LogP contribution in [0.4, 0.5) is 4.79 Å². The highest BCUT2D eigenvalue weighted by Crippen LogP contribution is 2.38. The second-order valence-electron chi connectivity index (χ2n) is 8.74. The quantitative estimate of drug-likeness (QED) is 0.758. The summed E-state index contributed by atoms with van der Waals surface area (Å²) in [5.41, 5.74) is -0.744. The molecule has 1 aliphatic carbocycles. The summed E-state index contributed by atoms with van der Waals surface area (Å²) in [6.45, 7) is 8.07. The van der Waals surface area contributed by atoms with Crippen LogP contribution in [0.2, 0.25) is 0 Å². The first-order valence-corrected chi connectivity index (χ1v) is 9.58. The number of hydrogen-bond donors (Lipinski definition) is 0. The molecular formula is C19H29N3O4. The van der Waals surface area contributed by atoms with Crippen molar-refractivity contribution in [2.75, 3.05) is 6.54 Å². The van der Waals surface area contributed by atoms with E-state index in [1.165, 1.54) is 11.3 Å². The highest BCUT2D eigenvalue weighted by Gasteiger charge is 2.40. The SMILES string of the molecule is CC(C)(C)OC(=O)N1CCC[C@H]1C(=O)c1noc(C2(C)CCCCC2)n1. The van der Waals surface area contributed by atoms with Crippen molar-refractivity contribution in [2.24, 2.45) is 0 Å². The molecule has 2 fully saturated rings. The van der Waals surface area contributed by atoms with E-state index in [-0.39, 0.29) is 17.0 Å². The Morgan fingerprint density at radius 2 is 1.88 bits per heavy atom. The van der Waals surface area contributed by atoms with Gasteiger partial charge in [0.2, 0.25) is 17.5 Å². The van der Waals surface area contributed by atoms with E-state index in [9.17, 15) is 9.59 Å². The van der Waals surface area contributed by atoms with E-state index < -0.39 is 17.7 Å². The molecule has 2 aliphatic rings. The van der Waals surface area contributed by atoms with Gasteiger partial charge in [-0.15, -0.1) is 0 Å². The van der Waals surface area contributed by atoms with Crippen molar-refractivity contribution in [1.29, 1.82) is 0 Å². The Kier molecular flexibility index (Phi) is 5.08. The molecule has 0 aromatic carbocycles. The van der Waals surface area contributed by atoms with E-state index in [1.54, 1.807) is 0 Å². The van der Waals surface area contributed by atoms with Gasteiger partial charge in [-0.2, -0.15) is 4.98 Å². The molecule has 2 heterocycles. The average Bonchev–Trinajstić information content (AvgIpc) is 3.23.